The van der Waals surface area contributed by atoms with Gasteiger partial charge in [-0.3, -0.25) is 4.79 Å². The van der Waals surface area contributed by atoms with E-state index in [2.05, 4.69) is 65.8 Å². The van der Waals surface area contributed by atoms with Crippen LogP contribution in [0.2, 0.25) is 0 Å². The summed E-state index contributed by atoms with van der Waals surface area (Å²) in [5.74, 6) is 0.948. The van der Waals surface area contributed by atoms with Gasteiger partial charge in [0.2, 0.25) is 5.91 Å². The van der Waals surface area contributed by atoms with Gasteiger partial charge in [-0.15, -0.1) is 23.1 Å². The van der Waals surface area contributed by atoms with Crippen molar-refractivity contribution in [2.75, 3.05) is 11.1 Å². The van der Waals surface area contributed by atoms with Crippen molar-refractivity contribution in [3.8, 4) is 11.3 Å². The van der Waals surface area contributed by atoms with Crippen molar-refractivity contribution < 1.29 is 4.79 Å². The number of hydrogen-bond donors (Lipinski definition) is 1. The first-order valence-electron chi connectivity index (χ1n) is 9.62. The van der Waals surface area contributed by atoms with E-state index in [9.17, 15) is 4.79 Å². The zero-order valence-corrected chi connectivity index (χ0v) is 17.9. The summed E-state index contributed by atoms with van der Waals surface area (Å²) in [6, 6.07) is 23.0. The molecule has 29 heavy (non-hydrogen) atoms. The summed E-state index contributed by atoms with van der Waals surface area (Å²) in [5.41, 5.74) is 3.26. The van der Waals surface area contributed by atoms with Gasteiger partial charge in [0, 0.05) is 22.3 Å². The lowest BCUT2D eigenvalue weighted by molar-refractivity contribution is -0.116. The fraction of sp³-hybridized carbons (Fsp3) is 0.167. The van der Waals surface area contributed by atoms with Crippen molar-refractivity contribution in [1.82, 2.24) is 4.98 Å². The average Bonchev–Trinajstić information content (AvgIpc) is 3.20. The summed E-state index contributed by atoms with van der Waals surface area (Å²) in [6.07, 6.45) is 1.34. The van der Waals surface area contributed by atoms with Gasteiger partial charge in [0.1, 0.15) is 0 Å². The monoisotopic (exact) mass is 418 g/mol. The number of nitrogens with zero attached hydrogens (tertiary/aromatic N) is 1. The zero-order chi connectivity index (χ0) is 20.1. The quantitative estimate of drug-likeness (QED) is 0.266. The maximum atomic E-state index is 12.3. The first-order valence-corrected chi connectivity index (χ1v) is 11.5. The minimum Gasteiger partial charge on any atom is -0.302 e. The van der Waals surface area contributed by atoms with Crippen molar-refractivity contribution in [3.63, 3.8) is 0 Å². The summed E-state index contributed by atoms with van der Waals surface area (Å²) in [4.78, 5) is 18.2. The molecule has 4 aromatic rings. The lowest BCUT2D eigenvalue weighted by atomic mass is 10.0. The van der Waals surface area contributed by atoms with E-state index in [1.54, 1.807) is 11.8 Å². The Labute approximate surface area is 179 Å². The molecule has 0 aliphatic rings. The third-order valence-corrected chi connectivity index (χ3v) is 6.51. The molecule has 0 aliphatic carbocycles. The number of thioether (sulfide) groups is 1. The number of anilines is 1. The molecule has 1 heterocycles. The summed E-state index contributed by atoms with van der Waals surface area (Å²) >= 11 is 3.26. The lowest BCUT2D eigenvalue weighted by Gasteiger charge is -2.04. The molecule has 0 fully saturated rings. The first-order chi connectivity index (χ1) is 14.2. The Kier molecular flexibility index (Phi) is 6.27. The summed E-state index contributed by atoms with van der Waals surface area (Å²) < 4.78 is 0. The molecule has 5 heteroatoms. The van der Waals surface area contributed by atoms with Gasteiger partial charge in [-0.25, -0.2) is 4.98 Å². The second-order valence-corrected chi connectivity index (χ2v) is 8.90. The predicted octanol–water partition coefficient (Wildman–Crippen LogP) is 6.78. The van der Waals surface area contributed by atoms with E-state index >= 15 is 0 Å². The number of aromatic nitrogens is 1. The number of benzene rings is 3. The summed E-state index contributed by atoms with van der Waals surface area (Å²) in [7, 11) is 0. The second kappa shape index (κ2) is 9.25. The number of amides is 1. The second-order valence-electron chi connectivity index (χ2n) is 6.88. The van der Waals surface area contributed by atoms with Crippen molar-refractivity contribution in [2.45, 2.75) is 24.7 Å². The Morgan fingerprint density at radius 2 is 1.83 bits per heavy atom. The molecule has 0 unspecified atom stereocenters. The molecule has 0 radical (unpaired) electrons. The van der Waals surface area contributed by atoms with Crippen LogP contribution in [0.15, 0.2) is 77.0 Å². The highest BCUT2D eigenvalue weighted by molar-refractivity contribution is 7.99. The van der Waals surface area contributed by atoms with Gasteiger partial charge >= 0.3 is 0 Å². The van der Waals surface area contributed by atoms with Crippen molar-refractivity contribution >= 4 is 44.9 Å². The highest BCUT2D eigenvalue weighted by Gasteiger charge is 2.10. The normalized spacial score (nSPS) is 10.9. The molecule has 146 valence electrons. The smallest absolute Gasteiger partial charge is 0.226 e. The Balaban J connectivity index is 1.31. The van der Waals surface area contributed by atoms with Crippen molar-refractivity contribution in [1.29, 1.82) is 0 Å². The molecule has 0 saturated heterocycles. The number of aryl methyl sites for hydroxylation is 1. The van der Waals surface area contributed by atoms with Crippen LogP contribution in [0, 0.1) is 6.92 Å². The average molecular weight is 419 g/mol. The van der Waals surface area contributed by atoms with Gasteiger partial charge in [-0.1, -0.05) is 60.2 Å². The van der Waals surface area contributed by atoms with Crippen LogP contribution in [0.3, 0.4) is 0 Å². The van der Waals surface area contributed by atoms with Crippen LogP contribution in [0.4, 0.5) is 5.13 Å². The van der Waals surface area contributed by atoms with Gasteiger partial charge in [0.25, 0.3) is 0 Å². The molecule has 0 aliphatic heterocycles. The maximum absolute atomic E-state index is 12.3. The van der Waals surface area contributed by atoms with E-state index < -0.39 is 0 Å². The molecule has 3 aromatic carbocycles. The largest absolute Gasteiger partial charge is 0.302 e. The number of hydrogen-bond acceptors (Lipinski definition) is 4. The Morgan fingerprint density at radius 3 is 2.69 bits per heavy atom. The van der Waals surface area contributed by atoms with E-state index in [0.29, 0.717) is 11.6 Å². The Morgan fingerprint density at radius 1 is 1.03 bits per heavy atom. The Hall–Kier alpha value is -2.63. The van der Waals surface area contributed by atoms with Crippen LogP contribution < -0.4 is 5.32 Å². The van der Waals surface area contributed by atoms with Gasteiger partial charge in [-0.05, 0) is 42.0 Å². The van der Waals surface area contributed by atoms with Gasteiger partial charge in [-0.2, -0.15) is 0 Å². The van der Waals surface area contributed by atoms with Crippen LogP contribution in [0.25, 0.3) is 22.0 Å². The minimum absolute atomic E-state index is 0.0216. The van der Waals surface area contributed by atoms with E-state index in [1.807, 2.05) is 23.6 Å². The number of rotatable bonds is 7. The van der Waals surface area contributed by atoms with Crippen LogP contribution >= 0.6 is 23.1 Å². The molecule has 1 aromatic heterocycles. The SMILES string of the molecule is Cc1ccc(SCCCC(=O)Nc2nc(-c3cccc4ccccc34)cs2)cc1. The molecule has 0 saturated carbocycles. The van der Waals surface area contributed by atoms with Crippen LogP contribution in [-0.4, -0.2) is 16.6 Å². The highest BCUT2D eigenvalue weighted by atomic mass is 32.2. The number of carbonyl (C=O) groups excluding carboxylic acids is 1. The maximum Gasteiger partial charge on any atom is 0.226 e. The standard InChI is InChI=1S/C24H22N2OS2/c1-17-11-13-19(14-12-17)28-15-5-10-23(27)26-24-25-22(16-29-24)21-9-4-7-18-6-2-3-8-20(18)21/h2-4,6-9,11-14,16H,5,10,15H2,1H3,(H,25,26,27). The summed E-state index contributed by atoms with van der Waals surface area (Å²) in [6.45, 7) is 2.09. The predicted molar refractivity (Wildman–Crippen MR) is 125 cm³/mol. The molecular formula is C24H22N2OS2. The summed E-state index contributed by atoms with van der Waals surface area (Å²) in [5, 5.41) is 7.97. The topological polar surface area (TPSA) is 42.0 Å². The fourth-order valence-corrected chi connectivity index (χ4v) is 4.72. The van der Waals surface area contributed by atoms with E-state index in [1.165, 1.54) is 32.6 Å². The molecule has 4 rings (SSSR count). The fourth-order valence-electron chi connectivity index (χ4n) is 3.14. The number of thiazole rings is 1. The molecule has 0 atom stereocenters. The lowest BCUT2D eigenvalue weighted by Crippen LogP contribution is -2.11. The number of carbonyl (C=O) groups is 1. The third kappa shape index (κ3) is 5.05. The van der Waals surface area contributed by atoms with Crippen LogP contribution in [-0.2, 0) is 4.79 Å². The molecule has 1 N–H and O–H groups in total. The molecule has 1 amide bonds. The molecular weight excluding hydrogens is 396 g/mol. The minimum atomic E-state index is 0.0216. The first kappa shape index (κ1) is 19.7. The molecule has 0 spiro atoms. The Bertz CT molecular complexity index is 1110. The molecule has 3 nitrogen and oxygen atoms in total. The number of nitrogens with one attached hydrogen (secondary N) is 1. The van der Waals surface area contributed by atoms with Crippen molar-refractivity contribution in [2.24, 2.45) is 0 Å². The van der Waals surface area contributed by atoms with Crippen molar-refractivity contribution in [3.05, 3.63) is 77.7 Å². The highest BCUT2D eigenvalue weighted by Crippen LogP contribution is 2.31. The number of fused-ring (bicyclic) bond motifs is 1. The van der Waals surface area contributed by atoms with E-state index in [0.717, 1.165) is 23.4 Å². The third-order valence-electron chi connectivity index (χ3n) is 4.65. The van der Waals surface area contributed by atoms with E-state index in [4.69, 9.17) is 0 Å². The van der Waals surface area contributed by atoms with Gasteiger partial charge in [0.05, 0.1) is 5.69 Å². The van der Waals surface area contributed by atoms with Gasteiger partial charge in [0.15, 0.2) is 5.13 Å². The van der Waals surface area contributed by atoms with Crippen LogP contribution in [0.1, 0.15) is 18.4 Å². The van der Waals surface area contributed by atoms with Gasteiger partial charge < -0.3 is 5.32 Å². The zero-order valence-electron chi connectivity index (χ0n) is 16.2. The molecule has 0 bridgehead atoms. The van der Waals surface area contributed by atoms with E-state index in [-0.39, 0.29) is 5.91 Å². The van der Waals surface area contributed by atoms with Crippen LogP contribution in [0.5, 0.6) is 0 Å².